The van der Waals surface area contributed by atoms with Crippen LogP contribution in [0.15, 0.2) is 0 Å². The molecule has 1 N–H and O–H groups in total. The molecule has 0 amide bonds. The van der Waals surface area contributed by atoms with E-state index in [1.165, 1.54) is 0 Å². The lowest BCUT2D eigenvalue weighted by molar-refractivity contribution is -0.124. The van der Waals surface area contributed by atoms with E-state index in [4.69, 9.17) is 0 Å². The fourth-order valence-electron chi connectivity index (χ4n) is 1.33. The maximum atomic E-state index is 10.9. The molecule has 0 rings (SSSR count). The Balaban J connectivity index is 3.91. The van der Waals surface area contributed by atoms with Crippen LogP contribution in [0.3, 0.4) is 0 Å². The quantitative estimate of drug-likeness (QED) is 0.662. The molecule has 0 radical (unpaired) electrons. The molecule has 0 aromatic carbocycles. The number of aliphatic hydroxyl groups excluding tert-OH is 1. The molecule has 0 spiro atoms. The van der Waals surface area contributed by atoms with Gasteiger partial charge in [0.1, 0.15) is 5.78 Å². The zero-order valence-corrected chi connectivity index (χ0v) is 7.63. The van der Waals surface area contributed by atoms with Gasteiger partial charge in [-0.15, -0.1) is 0 Å². The number of hydrogen-bond donors (Lipinski definition) is 1. The molecule has 0 aliphatic rings. The summed E-state index contributed by atoms with van der Waals surface area (Å²) in [7, 11) is 0. The van der Waals surface area contributed by atoms with Crippen LogP contribution < -0.4 is 0 Å². The van der Waals surface area contributed by atoms with Gasteiger partial charge >= 0.3 is 0 Å². The van der Waals surface area contributed by atoms with Crippen LogP contribution in [0.25, 0.3) is 0 Å². The molecule has 0 unspecified atom stereocenters. The summed E-state index contributed by atoms with van der Waals surface area (Å²) in [5, 5.41) is 9.46. The minimum absolute atomic E-state index is 0.105. The second-order valence-corrected chi connectivity index (χ2v) is 2.98. The number of ketones is 1. The summed E-state index contributed by atoms with van der Waals surface area (Å²) in [6, 6.07) is 0. The minimum atomic E-state index is -0.428. The third kappa shape index (κ3) is 3.51. The molecule has 0 aromatic rings. The lowest BCUT2D eigenvalue weighted by Gasteiger charge is -2.17. The van der Waals surface area contributed by atoms with Crippen molar-refractivity contribution in [3.63, 3.8) is 0 Å². The van der Waals surface area contributed by atoms with Crippen LogP contribution in [-0.4, -0.2) is 17.0 Å². The number of carbonyl (C=O) groups excluding carboxylic acids is 1. The first-order valence-corrected chi connectivity index (χ1v) is 4.32. The number of hydrogen-bond acceptors (Lipinski definition) is 2. The molecule has 11 heavy (non-hydrogen) atoms. The van der Waals surface area contributed by atoms with E-state index >= 15 is 0 Å². The number of carbonyl (C=O) groups is 1. The zero-order chi connectivity index (χ0) is 8.85. The molecule has 0 fully saturated rings. The molecule has 0 aliphatic heterocycles. The molecule has 0 saturated heterocycles. The average Bonchev–Trinajstić information content (AvgIpc) is 1.88. The van der Waals surface area contributed by atoms with Crippen LogP contribution in [-0.2, 0) is 4.79 Å². The van der Waals surface area contributed by atoms with E-state index < -0.39 is 6.10 Å². The lowest BCUT2D eigenvalue weighted by atomic mass is 9.93. The second-order valence-electron chi connectivity index (χ2n) is 2.98. The van der Waals surface area contributed by atoms with Crippen molar-refractivity contribution in [3.8, 4) is 0 Å². The molecule has 0 saturated carbocycles. The molecule has 2 nitrogen and oxygen atoms in total. The van der Waals surface area contributed by atoms with E-state index in [1.807, 2.05) is 13.8 Å². The number of aliphatic hydroxyl groups is 1. The highest BCUT2D eigenvalue weighted by Gasteiger charge is 2.20. The van der Waals surface area contributed by atoms with Crippen molar-refractivity contribution in [1.29, 1.82) is 0 Å². The average molecular weight is 158 g/mol. The van der Waals surface area contributed by atoms with Crippen LogP contribution in [0, 0.1) is 5.92 Å². The lowest BCUT2D eigenvalue weighted by Crippen LogP contribution is -2.25. The molecular formula is C9H18O2. The molecule has 0 aromatic heterocycles. The van der Waals surface area contributed by atoms with Gasteiger partial charge in [-0.3, -0.25) is 4.79 Å². The first kappa shape index (κ1) is 10.6. The van der Waals surface area contributed by atoms with Crippen molar-refractivity contribution in [2.45, 2.75) is 46.1 Å². The van der Waals surface area contributed by atoms with E-state index in [1.54, 1.807) is 6.92 Å². The van der Waals surface area contributed by atoms with Crippen molar-refractivity contribution in [2.75, 3.05) is 0 Å². The highest BCUT2D eigenvalue weighted by Crippen LogP contribution is 2.14. The Hall–Kier alpha value is -0.370. The predicted octanol–water partition coefficient (Wildman–Crippen LogP) is 1.76. The van der Waals surface area contributed by atoms with Crippen LogP contribution >= 0.6 is 0 Å². The Bertz CT molecular complexity index is 121. The van der Waals surface area contributed by atoms with Gasteiger partial charge in [0.15, 0.2) is 0 Å². The van der Waals surface area contributed by atoms with Gasteiger partial charge < -0.3 is 5.11 Å². The fraction of sp³-hybridized carbons (Fsp3) is 0.889. The van der Waals surface area contributed by atoms with Crippen molar-refractivity contribution in [1.82, 2.24) is 0 Å². The van der Waals surface area contributed by atoms with Gasteiger partial charge in [-0.05, 0) is 19.8 Å². The molecule has 0 aliphatic carbocycles. The normalized spacial score (nSPS) is 16.0. The van der Waals surface area contributed by atoms with E-state index in [9.17, 15) is 9.90 Å². The summed E-state index contributed by atoms with van der Waals surface area (Å²) in [6.07, 6.45) is 1.99. The number of Topliss-reactive ketones (excluding diaryl/α,β-unsaturated/α-hetero) is 1. The third-order valence-corrected chi connectivity index (χ3v) is 2.01. The van der Waals surface area contributed by atoms with Gasteiger partial charge in [0.2, 0.25) is 0 Å². The SMILES string of the molecule is CCC[C@H](O)[C@H](CC)C(C)=O. The maximum Gasteiger partial charge on any atom is 0.135 e. The summed E-state index contributed by atoms with van der Waals surface area (Å²) in [5.41, 5.74) is 0. The Morgan fingerprint density at radius 3 is 2.27 bits per heavy atom. The Morgan fingerprint density at radius 1 is 1.45 bits per heavy atom. The zero-order valence-electron chi connectivity index (χ0n) is 7.63. The molecule has 0 bridgehead atoms. The monoisotopic (exact) mass is 158 g/mol. The van der Waals surface area contributed by atoms with Gasteiger partial charge in [0.25, 0.3) is 0 Å². The molecular weight excluding hydrogens is 140 g/mol. The first-order valence-electron chi connectivity index (χ1n) is 4.32. The standard InChI is InChI=1S/C9H18O2/c1-4-6-9(11)8(5-2)7(3)10/h8-9,11H,4-6H2,1-3H3/t8-,9+/m1/s1. The highest BCUT2D eigenvalue weighted by atomic mass is 16.3. The predicted molar refractivity (Wildman–Crippen MR) is 45.4 cm³/mol. The maximum absolute atomic E-state index is 10.9. The summed E-state index contributed by atoms with van der Waals surface area (Å²) < 4.78 is 0. The smallest absolute Gasteiger partial charge is 0.135 e. The van der Waals surface area contributed by atoms with Crippen LogP contribution in [0.4, 0.5) is 0 Å². The topological polar surface area (TPSA) is 37.3 Å². The number of rotatable bonds is 5. The first-order chi connectivity index (χ1) is 5.13. The van der Waals surface area contributed by atoms with Gasteiger partial charge in [-0.25, -0.2) is 0 Å². The van der Waals surface area contributed by atoms with Crippen molar-refractivity contribution >= 4 is 5.78 Å². The Morgan fingerprint density at radius 2 is 2.00 bits per heavy atom. The molecule has 2 heteroatoms. The summed E-state index contributed by atoms with van der Waals surface area (Å²) in [6.45, 7) is 5.49. The Labute approximate surface area is 68.6 Å². The Kier molecular flexibility index (Phi) is 5.12. The van der Waals surface area contributed by atoms with Crippen LogP contribution in [0.1, 0.15) is 40.0 Å². The second kappa shape index (κ2) is 5.30. The minimum Gasteiger partial charge on any atom is -0.392 e. The van der Waals surface area contributed by atoms with Crippen molar-refractivity contribution in [2.24, 2.45) is 5.92 Å². The highest BCUT2D eigenvalue weighted by molar-refractivity contribution is 5.78. The summed E-state index contributed by atoms with van der Waals surface area (Å²) in [4.78, 5) is 10.9. The van der Waals surface area contributed by atoms with Gasteiger partial charge in [-0.2, -0.15) is 0 Å². The van der Waals surface area contributed by atoms with Crippen LogP contribution in [0.2, 0.25) is 0 Å². The van der Waals surface area contributed by atoms with Gasteiger partial charge in [0, 0.05) is 5.92 Å². The third-order valence-electron chi connectivity index (χ3n) is 2.01. The van der Waals surface area contributed by atoms with E-state index in [2.05, 4.69) is 0 Å². The van der Waals surface area contributed by atoms with Crippen molar-refractivity contribution < 1.29 is 9.90 Å². The fourth-order valence-corrected chi connectivity index (χ4v) is 1.33. The molecule has 2 atom stereocenters. The molecule has 66 valence electrons. The van der Waals surface area contributed by atoms with E-state index in [-0.39, 0.29) is 11.7 Å². The summed E-state index contributed by atoms with van der Waals surface area (Å²) >= 11 is 0. The van der Waals surface area contributed by atoms with Crippen molar-refractivity contribution in [3.05, 3.63) is 0 Å². The van der Waals surface area contributed by atoms with Gasteiger partial charge in [0.05, 0.1) is 6.10 Å². The largest absolute Gasteiger partial charge is 0.392 e. The molecule has 0 heterocycles. The van der Waals surface area contributed by atoms with E-state index in [0.29, 0.717) is 0 Å². The summed E-state index contributed by atoms with van der Waals surface area (Å²) in [5.74, 6) is -0.0385. The van der Waals surface area contributed by atoms with Crippen LogP contribution in [0.5, 0.6) is 0 Å². The van der Waals surface area contributed by atoms with E-state index in [0.717, 1.165) is 19.3 Å². The van der Waals surface area contributed by atoms with Gasteiger partial charge in [-0.1, -0.05) is 20.3 Å².